The second-order valence-corrected chi connectivity index (χ2v) is 6.93. The first-order chi connectivity index (χ1) is 12.0. The summed E-state index contributed by atoms with van der Waals surface area (Å²) in [7, 11) is 0. The molecule has 1 aliphatic carbocycles. The average molecular weight is 358 g/mol. The van der Waals surface area contributed by atoms with Crippen molar-refractivity contribution in [1.82, 2.24) is 10.6 Å². The maximum absolute atomic E-state index is 12.2. The second-order valence-electron chi connectivity index (χ2n) is 5.98. The van der Waals surface area contributed by atoms with Gasteiger partial charge in [-0.3, -0.25) is 9.59 Å². The topological polar surface area (TPSA) is 95.5 Å². The first kappa shape index (κ1) is 17.2. The van der Waals surface area contributed by atoms with E-state index in [1.165, 1.54) is 11.3 Å². The molecular weight excluding hydrogens is 340 g/mol. The van der Waals surface area contributed by atoms with E-state index in [9.17, 15) is 14.4 Å². The maximum atomic E-state index is 12.2. The van der Waals surface area contributed by atoms with Crippen LogP contribution in [0.4, 0.5) is 0 Å². The van der Waals surface area contributed by atoms with Gasteiger partial charge in [-0.2, -0.15) is 0 Å². The van der Waals surface area contributed by atoms with Crippen LogP contribution in [0.15, 0.2) is 41.8 Å². The minimum Gasteiger partial charge on any atom is -0.480 e. The molecule has 1 atom stereocenters. The molecule has 0 saturated heterocycles. The Kier molecular flexibility index (Phi) is 5.14. The lowest BCUT2D eigenvalue weighted by Gasteiger charge is -2.13. The van der Waals surface area contributed by atoms with Crippen LogP contribution in [0, 0.1) is 5.92 Å². The van der Waals surface area contributed by atoms with Crippen molar-refractivity contribution in [1.29, 1.82) is 0 Å². The van der Waals surface area contributed by atoms with E-state index >= 15 is 0 Å². The fraction of sp³-hybridized carbons (Fsp3) is 0.278. The van der Waals surface area contributed by atoms with Gasteiger partial charge in [0.05, 0.1) is 4.88 Å². The standard InChI is InChI=1S/C18H18N2O4S/c21-16(20-15(18(23)24)12-7-8-12)13-5-3-11(4-6-13)10-19-17(22)14-2-1-9-25-14/h1-6,9,12,15H,7-8,10H2,(H,19,22)(H,20,21)(H,23,24). The lowest BCUT2D eigenvalue weighted by Crippen LogP contribution is -2.42. The predicted molar refractivity (Wildman–Crippen MR) is 93.5 cm³/mol. The predicted octanol–water partition coefficient (Wildman–Crippen LogP) is 2.27. The van der Waals surface area contributed by atoms with Crippen molar-refractivity contribution in [2.45, 2.75) is 25.4 Å². The molecule has 1 aromatic heterocycles. The molecule has 3 N–H and O–H groups in total. The van der Waals surface area contributed by atoms with Crippen LogP contribution in [0.2, 0.25) is 0 Å². The highest BCUT2D eigenvalue weighted by molar-refractivity contribution is 7.12. The number of aliphatic carboxylic acids is 1. The lowest BCUT2D eigenvalue weighted by molar-refractivity contribution is -0.139. The molecule has 1 unspecified atom stereocenters. The van der Waals surface area contributed by atoms with Crippen LogP contribution in [0.1, 0.15) is 38.4 Å². The Morgan fingerprint density at radius 3 is 2.40 bits per heavy atom. The van der Waals surface area contributed by atoms with Crippen molar-refractivity contribution >= 4 is 29.1 Å². The lowest BCUT2D eigenvalue weighted by atomic mass is 10.1. The van der Waals surface area contributed by atoms with Crippen LogP contribution in [-0.2, 0) is 11.3 Å². The summed E-state index contributed by atoms with van der Waals surface area (Å²) in [5.41, 5.74) is 1.26. The van der Waals surface area contributed by atoms with Crippen LogP contribution in [0.3, 0.4) is 0 Å². The number of carboxylic acids is 1. The van der Waals surface area contributed by atoms with Gasteiger partial charge in [0.15, 0.2) is 0 Å². The third-order valence-corrected chi connectivity index (χ3v) is 4.93. The number of rotatable bonds is 7. The minimum atomic E-state index is -0.997. The molecule has 1 aromatic carbocycles. The number of carbonyl (C=O) groups is 3. The third kappa shape index (κ3) is 4.45. The Morgan fingerprint density at radius 2 is 1.84 bits per heavy atom. The zero-order valence-electron chi connectivity index (χ0n) is 13.4. The van der Waals surface area contributed by atoms with Gasteiger partial charge in [0.25, 0.3) is 11.8 Å². The largest absolute Gasteiger partial charge is 0.480 e. The molecule has 1 fully saturated rings. The number of carbonyl (C=O) groups excluding carboxylic acids is 2. The van der Waals surface area contributed by atoms with Gasteiger partial charge in [0.1, 0.15) is 6.04 Å². The number of thiophene rings is 1. The number of amides is 2. The summed E-state index contributed by atoms with van der Waals surface area (Å²) < 4.78 is 0. The van der Waals surface area contributed by atoms with Crippen molar-refractivity contribution in [3.63, 3.8) is 0 Å². The van der Waals surface area contributed by atoms with Crippen molar-refractivity contribution < 1.29 is 19.5 Å². The number of hydrogen-bond acceptors (Lipinski definition) is 4. The minimum absolute atomic E-state index is 0.0354. The Bertz CT molecular complexity index is 767. The molecule has 0 bridgehead atoms. The maximum Gasteiger partial charge on any atom is 0.326 e. The summed E-state index contributed by atoms with van der Waals surface area (Å²) in [6.07, 6.45) is 1.67. The van der Waals surface area contributed by atoms with E-state index in [2.05, 4.69) is 10.6 Å². The molecule has 130 valence electrons. The first-order valence-corrected chi connectivity index (χ1v) is 8.87. The highest BCUT2D eigenvalue weighted by Crippen LogP contribution is 2.32. The summed E-state index contributed by atoms with van der Waals surface area (Å²) in [4.78, 5) is 35.9. The van der Waals surface area contributed by atoms with Crippen LogP contribution >= 0.6 is 11.3 Å². The van der Waals surface area contributed by atoms with Gasteiger partial charge in [-0.1, -0.05) is 18.2 Å². The number of hydrogen-bond donors (Lipinski definition) is 3. The molecule has 1 aliphatic rings. The summed E-state index contributed by atoms with van der Waals surface area (Å²) >= 11 is 1.37. The molecule has 2 amide bonds. The normalized spacial score (nSPS) is 14.6. The molecular formula is C18H18N2O4S. The van der Waals surface area contributed by atoms with Gasteiger partial charge in [0, 0.05) is 12.1 Å². The molecule has 25 heavy (non-hydrogen) atoms. The highest BCUT2D eigenvalue weighted by atomic mass is 32.1. The Morgan fingerprint density at radius 1 is 1.12 bits per heavy atom. The average Bonchev–Trinajstić information content (AvgIpc) is 3.29. The fourth-order valence-corrected chi connectivity index (χ4v) is 3.13. The van der Waals surface area contributed by atoms with Crippen LogP contribution in [-0.4, -0.2) is 28.9 Å². The number of nitrogens with one attached hydrogen (secondary N) is 2. The van der Waals surface area contributed by atoms with E-state index in [-0.39, 0.29) is 11.8 Å². The smallest absolute Gasteiger partial charge is 0.326 e. The zero-order chi connectivity index (χ0) is 17.8. The van der Waals surface area contributed by atoms with E-state index in [0.717, 1.165) is 18.4 Å². The Balaban J connectivity index is 1.55. The Labute approximate surface area is 148 Å². The van der Waals surface area contributed by atoms with Gasteiger partial charge >= 0.3 is 5.97 Å². The Hall–Kier alpha value is -2.67. The van der Waals surface area contributed by atoms with E-state index < -0.39 is 17.9 Å². The molecule has 0 aliphatic heterocycles. The molecule has 0 radical (unpaired) electrons. The van der Waals surface area contributed by atoms with Crippen molar-refractivity contribution in [3.8, 4) is 0 Å². The van der Waals surface area contributed by atoms with Crippen molar-refractivity contribution in [2.24, 2.45) is 5.92 Å². The number of benzene rings is 1. The second kappa shape index (κ2) is 7.48. The van der Waals surface area contributed by atoms with Gasteiger partial charge in [-0.15, -0.1) is 11.3 Å². The van der Waals surface area contributed by atoms with E-state index in [1.807, 2.05) is 11.4 Å². The number of carboxylic acid groups (broad SMARTS) is 1. The van der Waals surface area contributed by atoms with Crippen molar-refractivity contribution in [3.05, 3.63) is 57.8 Å². The molecule has 1 heterocycles. The van der Waals surface area contributed by atoms with Gasteiger partial charge < -0.3 is 15.7 Å². The van der Waals surface area contributed by atoms with E-state index in [0.29, 0.717) is 17.0 Å². The van der Waals surface area contributed by atoms with Gasteiger partial charge in [-0.05, 0) is 47.9 Å². The molecule has 3 rings (SSSR count). The fourth-order valence-electron chi connectivity index (χ4n) is 2.49. The third-order valence-electron chi connectivity index (χ3n) is 4.06. The van der Waals surface area contributed by atoms with Crippen LogP contribution < -0.4 is 10.6 Å². The molecule has 2 aromatic rings. The molecule has 7 heteroatoms. The zero-order valence-corrected chi connectivity index (χ0v) is 14.2. The van der Waals surface area contributed by atoms with E-state index in [4.69, 9.17) is 5.11 Å². The monoisotopic (exact) mass is 358 g/mol. The summed E-state index contributed by atoms with van der Waals surface area (Å²) in [5.74, 6) is -1.49. The summed E-state index contributed by atoms with van der Waals surface area (Å²) in [5, 5.41) is 16.4. The van der Waals surface area contributed by atoms with Crippen molar-refractivity contribution in [2.75, 3.05) is 0 Å². The summed E-state index contributed by atoms with van der Waals surface area (Å²) in [6.45, 7) is 0.360. The first-order valence-electron chi connectivity index (χ1n) is 7.99. The van der Waals surface area contributed by atoms with Crippen LogP contribution in [0.25, 0.3) is 0 Å². The highest BCUT2D eigenvalue weighted by Gasteiger charge is 2.37. The van der Waals surface area contributed by atoms with Crippen LogP contribution in [0.5, 0.6) is 0 Å². The molecule has 1 saturated carbocycles. The molecule has 0 spiro atoms. The van der Waals surface area contributed by atoms with Gasteiger partial charge in [-0.25, -0.2) is 4.79 Å². The summed E-state index contributed by atoms with van der Waals surface area (Å²) in [6, 6.07) is 9.51. The van der Waals surface area contributed by atoms with Gasteiger partial charge in [0.2, 0.25) is 0 Å². The molecule has 6 nitrogen and oxygen atoms in total. The van der Waals surface area contributed by atoms with E-state index in [1.54, 1.807) is 30.3 Å². The SMILES string of the molecule is O=C(NC(C(=O)O)C1CC1)c1ccc(CNC(=O)c2cccs2)cc1. The quantitative estimate of drug-likeness (QED) is 0.707.